The minimum Gasteiger partial charge on any atom is -0.355 e. The molecular weight excluding hydrogens is 436 g/mol. The number of nitrogens with one attached hydrogen (secondary N) is 3. The second-order valence-corrected chi connectivity index (χ2v) is 7.82. The van der Waals surface area contributed by atoms with E-state index >= 15 is 0 Å². The summed E-state index contributed by atoms with van der Waals surface area (Å²) in [6.07, 6.45) is 5.01. The summed E-state index contributed by atoms with van der Waals surface area (Å²) < 4.78 is 0. The first kappa shape index (κ1) is 21.6. The molecule has 0 spiro atoms. The average Bonchev–Trinajstić information content (AvgIpc) is 2.89. The fourth-order valence-electron chi connectivity index (χ4n) is 3.69. The maximum absolute atomic E-state index is 13.0. The van der Waals surface area contributed by atoms with Crippen LogP contribution in [-0.2, 0) is 0 Å². The van der Waals surface area contributed by atoms with Crippen LogP contribution in [0.15, 0.2) is 104 Å². The summed E-state index contributed by atoms with van der Waals surface area (Å²) in [4.78, 5) is 21.5. The summed E-state index contributed by atoms with van der Waals surface area (Å²) >= 11 is 0. The van der Waals surface area contributed by atoms with Crippen molar-refractivity contribution in [3.05, 3.63) is 115 Å². The first-order valence-electron chi connectivity index (χ1n) is 10.9. The Balaban J connectivity index is 1.33. The Hall–Kier alpha value is -5.22. The summed E-state index contributed by atoms with van der Waals surface area (Å²) in [6.45, 7) is 0. The summed E-state index contributed by atoms with van der Waals surface area (Å²) in [6, 6.07) is 28.1. The van der Waals surface area contributed by atoms with Gasteiger partial charge in [0.05, 0.1) is 40.9 Å². The molecule has 0 saturated heterocycles. The number of hydrogen-bond donors (Lipinski definition) is 3. The molecule has 0 atom stereocenters. The highest BCUT2D eigenvalue weighted by atomic mass is 16.1. The molecule has 0 aliphatic rings. The van der Waals surface area contributed by atoms with Gasteiger partial charge in [0.25, 0.3) is 5.91 Å². The third-order valence-corrected chi connectivity index (χ3v) is 5.33. The van der Waals surface area contributed by atoms with E-state index in [0.29, 0.717) is 16.8 Å². The van der Waals surface area contributed by atoms with Crippen LogP contribution in [0.3, 0.4) is 0 Å². The van der Waals surface area contributed by atoms with Crippen molar-refractivity contribution in [2.75, 3.05) is 16.0 Å². The molecule has 0 bridgehead atoms. The van der Waals surface area contributed by atoms with Crippen LogP contribution in [0.2, 0.25) is 0 Å². The van der Waals surface area contributed by atoms with E-state index in [1.165, 1.54) is 0 Å². The minimum atomic E-state index is -0.251. The van der Waals surface area contributed by atoms with Crippen molar-refractivity contribution >= 4 is 45.2 Å². The number of rotatable bonds is 6. The van der Waals surface area contributed by atoms with Gasteiger partial charge in [-0.3, -0.25) is 14.8 Å². The number of hydrogen-bond acceptors (Lipinski definition) is 6. The van der Waals surface area contributed by atoms with Crippen LogP contribution in [0.25, 0.3) is 10.9 Å². The predicted octanol–water partition coefficient (Wildman–Crippen LogP) is 6.24. The average molecular weight is 457 g/mol. The number of nitriles is 1. The highest BCUT2D eigenvalue weighted by molar-refractivity contribution is 6.05. The molecule has 5 aromatic rings. The van der Waals surface area contributed by atoms with Crippen LogP contribution in [-0.4, -0.2) is 15.9 Å². The molecule has 5 rings (SSSR count). The van der Waals surface area contributed by atoms with Gasteiger partial charge >= 0.3 is 0 Å². The number of aromatic nitrogens is 2. The number of carbonyl (C=O) groups is 1. The first-order chi connectivity index (χ1) is 17.2. The lowest BCUT2D eigenvalue weighted by Crippen LogP contribution is -2.12. The molecule has 7 heteroatoms. The van der Waals surface area contributed by atoms with Crippen molar-refractivity contribution in [3.8, 4) is 6.07 Å². The Bertz CT molecular complexity index is 1560. The van der Waals surface area contributed by atoms with Gasteiger partial charge in [0.2, 0.25) is 0 Å². The zero-order valence-corrected chi connectivity index (χ0v) is 18.6. The van der Waals surface area contributed by atoms with E-state index < -0.39 is 0 Å². The quantitative estimate of drug-likeness (QED) is 0.279. The number of nitrogens with zero attached hydrogens (tertiary/aromatic N) is 3. The zero-order valence-electron chi connectivity index (χ0n) is 18.6. The highest BCUT2D eigenvalue weighted by Gasteiger charge is 2.10. The van der Waals surface area contributed by atoms with Gasteiger partial charge in [-0.15, -0.1) is 0 Å². The third-order valence-electron chi connectivity index (χ3n) is 5.33. The van der Waals surface area contributed by atoms with Crippen molar-refractivity contribution in [1.82, 2.24) is 9.97 Å². The highest BCUT2D eigenvalue weighted by Crippen LogP contribution is 2.27. The van der Waals surface area contributed by atoms with E-state index in [1.807, 2.05) is 60.7 Å². The maximum Gasteiger partial charge on any atom is 0.255 e. The summed E-state index contributed by atoms with van der Waals surface area (Å²) in [5, 5.41) is 19.6. The fraction of sp³-hybridized carbons (Fsp3) is 0. The normalized spacial score (nSPS) is 10.4. The summed E-state index contributed by atoms with van der Waals surface area (Å²) in [7, 11) is 0. The van der Waals surface area contributed by atoms with E-state index in [2.05, 4.69) is 32.0 Å². The molecule has 1 amide bonds. The lowest BCUT2D eigenvalue weighted by Gasteiger charge is -2.12. The van der Waals surface area contributed by atoms with Gasteiger partial charge < -0.3 is 16.0 Å². The largest absolute Gasteiger partial charge is 0.355 e. The molecule has 0 aliphatic heterocycles. The van der Waals surface area contributed by atoms with Crippen molar-refractivity contribution in [2.24, 2.45) is 0 Å². The molecule has 168 valence electrons. The van der Waals surface area contributed by atoms with E-state index in [-0.39, 0.29) is 5.91 Å². The van der Waals surface area contributed by atoms with Gasteiger partial charge in [0, 0.05) is 34.2 Å². The Morgan fingerprint density at radius 1 is 0.771 bits per heavy atom. The maximum atomic E-state index is 13.0. The smallest absolute Gasteiger partial charge is 0.255 e. The summed E-state index contributed by atoms with van der Waals surface area (Å²) in [5.74, 6) is -0.251. The van der Waals surface area contributed by atoms with E-state index in [9.17, 15) is 10.1 Å². The molecule has 3 aromatic carbocycles. The van der Waals surface area contributed by atoms with Gasteiger partial charge in [-0.1, -0.05) is 24.3 Å². The van der Waals surface area contributed by atoms with E-state index in [0.717, 1.165) is 33.7 Å². The molecule has 35 heavy (non-hydrogen) atoms. The van der Waals surface area contributed by atoms with Crippen molar-refractivity contribution in [2.45, 2.75) is 0 Å². The topological polar surface area (TPSA) is 103 Å². The van der Waals surface area contributed by atoms with Crippen LogP contribution in [0.5, 0.6) is 0 Å². The number of anilines is 5. The van der Waals surface area contributed by atoms with Gasteiger partial charge in [-0.2, -0.15) is 5.26 Å². The molecule has 0 fully saturated rings. The Kier molecular flexibility index (Phi) is 6.01. The van der Waals surface area contributed by atoms with E-state index in [1.54, 1.807) is 42.9 Å². The van der Waals surface area contributed by atoms with Crippen molar-refractivity contribution < 1.29 is 4.79 Å². The molecule has 3 N–H and O–H groups in total. The molecule has 0 radical (unpaired) electrons. The second-order valence-electron chi connectivity index (χ2n) is 7.82. The van der Waals surface area contributed by atoms with Crippen molar-refractivity contribution in [1.29, 1.82) is 5.26 Å². The lowest BCUT2D eigenvalue weighted by molar-refractivity contribution is 0.102. The monoisotopic (exact) mass is 456 g/mol. The minimum absolute atomic E-state index is 0.251. The van der Waals surface area contributed by atoms with Gasteiger partial charge in [-0.25, -0.2) is 0 Å². The van der Waals surface area contributed by atoms with Gasteiger partial charge in [-0.05, 0) is 60.7 Å². The number of carbonyl (C=O) groups excluding carboxylic acids is 1. The van der Waals surface area contributed by atoms with Gasteiger partial charge in [0.1, 0.15) is 0 Å². The Morgan fingerprint density at radius 3 is 2.46 bits per heavy atom. The molecular formula is C28H20N6O. The molecule has 0 saturated carbocycles. The van der Waals surface area contributed by atoms with Crippen LogP contribution in [0.1, 0.15) is 15.9 Å². The first-order valence-corrected chi connectivity index (χ1v) is 10.9. The Morgan fingerprint density at radius 2 is 1.60 bits per heavy atom. The fourth-order valence-corrected chi connectivity index (χ4v) is 3.69. The van der Waals surface area contributed by atoms with Crippen LogP contribution in [0.4, 0.5) is 28.4 Å². The third kappa shape index (κ3) is 5.07. The van der Waals surface area contributed by atoms with Crippen LogP contribution in [0, 0.1) is 11.3 Å². The number of amides is 1. The second kappa shape index (κ2) is 9.73. The molecule has 2 heterocycles. The SMILES string of the molecule is N#Cc1ccc2nccc(Nc3cccc(C(=O)Nc4cncc(Nc5ccccc5)c4)c3)c2c1. The number of fused-ring (bicyclic) bond motifs is 1. The Labute approximate surface area is 202 Å². The molecule has 2 aromatic heterocycles. The van der Waals surface area contributed by atoms with Crippen molar-refractivity contribution in [3.63, 3.8) is 0 Å². The molecule has 0 aliphatic carbocycles. The number of pyridine rings is 2. The zero-order chi connectivity index (χ0) is 24.0. The van der Waals surface area contributed by atoms with Gasteiger partial charge in [0.15, 0.2) is 0 Å². The number of benzene rings is 3. The standard InChI is InChI=1S/C28H20N6O/c29-16-19-9-10-26-25(13-19)27(11-12-31-26)33-22-8-4-5-20(14-22)28(35)34-24-15-23(17-30-18-24)32-21-6-2-1-3-7-21/h1-15,17-18,32H,(H,31,33)(H,34,35). The number of para-hydroxylation sites is 1. The van der Waals surface area contributed by atoms with Crippen LogP contribution < -0.4 is 16.0 Å². The predicted molar refractivity (Wildman–Crippen MR) is 138 cm³/mol. The summed E-state index contributed by atoms with van der Waals surface area (Å²) in [5.41, 5.74) is 5.65. The van der Waals surface area contributed by atoms with Crippen LogP contribution >= 0.6 is 0 Å². The molecule has 7 nitrogen and oxygen atoms in total. The lowest BCUT2D eigenvalue weighted by atomic mass is 10.1. The molecule has 0 unspecified atom stereocenters. The van der Waals surface area contributed by atoms with E-state index in [4.69, 9.17) is 0 Å².